The summed E-state index contributed by atoms with van der Waals surface area (Å²) in [7, 11) is 0. The Kier molecular flexibility index (Phi) is 7.92. The molecule has 0 aromatic heterocycles. The van der Waals surface area contributed by atoms with Gasteiger partial charge in [-0.25, -0.2) is 0 Å². The molecule has 0 amide bonds. The Morgan fingerprint density at radius 3 is 2.29 bits per heavy atom. The predicted octanol–water partition coefficient (Wildman–Crippen LogP) is 4.62. The minimum Gasteiger partial charge on any atom is -0.316 e. The van der Waals surface area contributed by atoms with Gasteiger partial charge in [-0.1, -0.05) is 52.9 Å². The molecule has 0 aliphatic heterocycles. The number of hydrogen-bond acceptors (Lipinski definition) is 1. The van der Waals surface area contributed by atoms with Crippen molar-refractivity contribution in [1.29, 1.82) is 0 Å². The van der Waals surface area contributed by atoms with Gasteiger partial charge in [-0.2, -0.15) is 0 Å². The van der Waals surface area contributed by atoms with Gasteiger partial charge in [0.05, 0.1) is 0 Å². The molecule has 0 spiro atoms. The predicted molar refractivity (Wildman–Crippen MR) is 77.3 cm³/mol. The fourth-order valence-corrected chi connectivity index (χ4v) is 3.55. The topological polar surface area (TPSA) is 12.0 Å². The summed E-state index contributed by atoms with van der Waals surface area (Å²) in [5.41, 5.74) is 0. The molecular weight excluding hydrogens is 206 g/mol. The van der Waals surface area contributed by atoms with Crippen LogP contribution in [0.15, 0.2) is 0 Å². The quantitative estimate of drug-likeness (QED) is 0.610. The highest BCUT2D eigenvalue weighted by Crippen LogP contribution is 2.38. The Bertz CT molecular complexity index is 178. The van der Waals surface area contributed by atoms with Crippen molar-refractivity contribution in [3.05, 3.63) is 0 Å². The van der Waals surface area contributed by atoms with Gasteiger partial charge in [0.1, 0.15) is 0 Å². The van der Waals surface area contributed by atoms with Gasteiger partial charge in [0.25, 0.3) is 0 Å². The summed E-state index contributed by atoms with van der Waals surface area (Å²) in [5, 5.41) is 3.64. The minimum absolute atomic E-state index is 0.967. The van der Waals surface area contributed by atoms with E-state index in [1.807, 2.05) is 0 Å². The molecule has 1 fully saturated rings. The summed E-state index contributed by atoms with van der Waals surface area (Å²) >= 11 is 0. The second kappa shape index (κ2) is 8.97. The number of nitrogens with one attached hydrogen (secondary N) is 1. The zero-order valence-electron chi connectivity index (χ0n) is 12.3. The van der Waals surface area contributed by atoms with Gasteiger partial charge < -0.3 is 5.32 Å². The van der Waals surface area contributed by atoms with Crippen LogP contribution in [0.3, 0.4) is 0 Å². The molecule has 0 saturated heterocycles. The summed E-state index contributed by atoms with van der Waals surface area (Å²) in [6, 6.07) is 0. The Labute approximate surface area is 109 Å². The maximum absolute atomic E-state index is 3.64. The third kappa shape index (κ3) is 5.42. The largest absolute Gasteiger partial charge is 0.316 e. The lowest BCUT2D eigenvalue weighted by Gasteiger charge is -2.36. The van der Waals surface area contributed by atoms with Crippen LogP contribution in [0.25, 0.3) is 0 Å². The molecule has 1 saturated carbocycles. The fourth-order valence-electron chi connectivity index (χ4n) is 3.55. The zero-order valence-corrected chi connectivity index (χ0v) is 12.3. The fraction of sp³-hybridized carbons (Fsp3) is 1.00. The van der Waals surface area contributed by atoms with Gasteiger partial charge in [-0.15, -0.1) is 0 Å². The third-order valence-electron chi connectivity index (χ3n) is 4.44. The van der Waals surface area contributed by atoms with Crippen LogP contribution in [-0.2, 0) is 0 Å². The van der Waals surface area contributed by atoms with Crippen molar-refractivity contribution in [3.8, 4) is 0 Å². The number of hydrogen-bond donors (Lipinski definition) is 1. The summed E-state index contributed by atoms with van der Waals surface area (Å²) < 4.78 is 0. The first kappa shape index (κ1) is 15.0. The summed E-state index contributed by atoms with van der Waals surface area (Å²) in [6.45, 7) is 9.42. The first-order chi connectivity index (χ1) is 8.31. The smallest absolute Gasteiger partial charge is 0.00179 e. The van der Waals surface area contributed by atoms with Crippen molar-refractivity contribution in [1.82, 2.24) is 5.32 Å². The summed E-state index contributed by atoms with van der Waals surface area (Å²) in [5.74, 6) is 3.02. The molecule has 17 heavy (non-hydrogen) atoms. The average molecular weight is 239 g/mol. The van der Waals surface area contributed by atoms with E-state index in [2.05, 4.69) is 26.1 Å². The van der Waals surface area contributed by atoms with E-state index in [1.165, 1.54) is 64.5 Å². The second-order valence-electron chi connectivity index (χ2n) is 5.98. The molecule has 0 aromatic rings. The van der Waals surface area contributed by atoms with Crippen LogP contribution in [0.5, 0.6) is 0 Å². The highest BCUT2D eigenvalue weighted by molar-refractivity contribution is 4.81. The second-order valence-corrected chi connectivity index (χ2v) is 5.98. The minimum atomic E-state index is 0.967. The Morgan fingerprint density at radius 1 is 0.882 bits per heavy atom. The Morgan fingerprint density at radius 2 is 1.65 bits per heavy atom. The molecular formula is C16H33N. The van der Waals surface area contributed by atoms with Crippen LogP contribution < -0.4 is 5.32 Å². The molecule has 1 rings (SSSR count). The molecule has 3 unspecified atom stereocenters. The van der Waals surface area contributed by atoms with Crippen LogP contribution >= 0.6 is 0 Å². The van der Waals surface area contributed by atoms with Gasteiger partial charge >= 0.3 is 0 Å². The van der Waals surface area contributed by atoms with Crippen molar-refractivity contribution in [2.75, 3.05) is 13.1 Å². The number of rotatable bonds is 8. The van der Waals surface area contributed by atoms with Gasteiger partial charge in [0, 0.05) is 0 Å². The van der Waals surface area contributed by atoms with Crippen LogP contribution in [0.1, 0.15) is 72.1 Å². The van der Waals surface area contributed by atoms with E-state index in [0.717, 1.165) is 17.8 Å². The SMILES string of the molecule is CCCNCC1CCC(CCC)CC1CCC. The van der Waals surface area contributed by atoms with Crippen molar-refractivity contribution in [2.45, 2.75) is 72.1 Å². The van der Waals surface area contributed by atoms with Crippen molar-refractivity contribution < 1.29 is 0 Å². The molecule has 0 heterocycles. The van der Waals surface area contributed by atoms with Crippen LogP contribution in [-0.4, -0.2) is 13.1 Å². The van der Waals surface area contributed by atoms with E-state index in [0.29, 0.717) is 0 Å². The lowest BCUT2D eigenvalue weighted by molar-refractivity contribution is 0.159. The first-order valence-electron chi connectivity index (χ1n) is 8.02. The van der Waals surface area contributed by atoms with E-state index in [4.69, 9.17) is 0 Å². The average Bonchev–Trinajstić information content (AvgIpc) is 2.33. The van der Waals surface area contributed by atoms with Gasteiger partial charge in [-0.3, -0.25) is 0 Å². The normalized spacial score (nSPS) is 29.5. The van der Waals surface area contributed by atoms with E-state index >= 15 is 0 Å². The molecule has 1 nitrogen and oxygen atoms in total. The molecule has 1 heteroatoms. The summed E-state index contributed by atoms with van der Waals surface area (Å²) in [6.07, 6.45) is 11.4. The zero-order chi connectivity index (χ0) is 12.5. The Hall–Kier alpha value is -0.0400. The van der Waals surface area contributed by atoms with E-state index in [9.17, 15) is 0 Å². The standard InChI is InChI=1S/C16H33N/c1-4-7-14-9-10-16(13-17-11-6-3)15(12-14)8-5-2/h14-17H,4-13H2,1-3H3. The van der Waals surface area contributed by atoms with Gasteiger partial charge in [0.15, 0.2) is 0 Å². The summed E-state index contributed by atoms with van der Waals surface area (Å²) in [4.78, 5) is 0. The molecule has 0 radical (unpaired) electrons. The molecule has 102 valence electrons. The van der Waals surface area contributed by atoms with E-state index in [1.54, 1.807) is 0 Å². The molecule has 3 atom stereocenters. The van der Waals surface area contributed by atoms with Crippen molar-refractivity contribution >= 4 is 0 Å². The first-order valence-corrected chi connectivity index (χ1v) is 8.02. The lowest BCUT2D eigenvalue weighted by atomic mass is 9.71. The van der Waals surface area contributed by atoms with Gasteiger partial charge in [0.2, 0.25) is 0 Å². The Balaban J connectivity index is 2.35. The maximum atomic E-state index is 3.64. The molecule has 1 aliphatic carbocycles. The van der Waals surface area contributed by atoms with E-state index < -0.39 is 0 Å². The van der Waals surface area contributed by atoms with Gasteiger partial charge in [-0.05, 0) is 50.1 Å². The third-order valence-corrected chi connectivity index (χ3v) is 4.44. The lowest BCUT2D eigenvalue weighted by Crippen LogP contribution is -2.33. The maximum Gasteiger partial charge on any atom is -0.00179 e. The highest BCUT2D eigenvalue weighted by atomic mass is 14.9. The highest BCUT2D eigenvalue weighted by Gasteiger charge is 2.28. The van der Waals surface area contributed by atoms with E-state index in [-0.39, 0.29) is 0 Å². The molecule has 0 aromatic carbocycles. The molecule has 0 bridgehead atoms. The molecule has 1 N–H and O–H groups in total. The monoisotopic (exact) mass is 239 g/mol. The molecule has 1 aliphatic rings. The van der Waals surface area contributed by atoms with Crippen LogP contribution in [0, 0.1) is 17.8 Å². The van der Waals surface area contributed by atoms with Crippen LogP contribution in [0.4, 0.5) is 0 Å². The van der Waals surface area contributed by atoms with Crippen molar-refractivity contribution in [2.24, 2.45) is 17.8 Å². The van der Waals surface area contributed by atoms with Crippen molar-refractivity contribution in [3.63, 3.8) is 0 Å². The van der Waals surface area contributed by atoms with Crippen LogP contribution in [0.2, 0.25) is 0 Å².